The predicted octanol–water partition coefficient (Wildman–Crippen LogP) is 3.15. The van der Waals surface area contributed by atoms with Crippen LogP contribution in [0.5, 0.6) is 0 Å². The van der Waals surface area contributed by atoms with Crippen molar-refractivity contribution in [3.05, 3.63) is 35.9 Å². The highest BCUT2D eigenvalue weighted by Gasteiger charge is 2.20. The van der Waals surface area contributed by atoms with E-state index in [1.54, 1.807) is 7.11 Å². The molecule has 0 aliphatic rings. The first-order valence-electron chi connectivity index (χ1n) is 6.14. The van der Waals surface area contributed by atoms with Crippen LogP contribution in [0.1, 0.15) is 38.4 Å². The summed E-state index contributed by atoms with van der Waals surface area (Å²) < 4.78 is 5.62. The molecular formula is C14H23NO. The second-order valence-corrected chi connectivity index (χ2v) is 4.04. The van der Waals surface area contributed by atoms with Gasteiger partial charge in [0.2, 0.25) is 0 Å². The molecule has 1 rings (SSSR count). The summed E-state index contributed by atoms with van der Waals surface area (Å²) in [6, 6.07) is 10.8. The molecule has 0 spiro atoms. The van der Waals surface area contributed by atoms with Gasteiger partial charge in [-0.1, -0.05) is 44.2 Å². The second-order valence-electron chi connectivity index (χ2n) is 4.04. The Bertz CT molecular complexity index is 273. The SMILES string of the molecule is CCCNC(CC)C(OC)c1ccccc1. The van der Waals surface area contributed by atoms with Crippen molar-refractivity contribution >= 4 is 0 Å². The molecule has 0 radical (unpaired) electrons. The van der Waals surface area contributed by atoms with Crippen LogP contribution in [0.15, 0.2) is 30.3 Å². The third-order valence-corrected chi connectivity index (χ3v) is 2.84. The van der Waals surface area contributed by atoms with E-state index < -0.39 is 0 Å². The van der Waals surface area contributed by atoms with E-state index in [2.05, 4.69) is 43.4 Å². The minimum Gasteiger partial charge on any atom is -0.375 e. The van der Waals surface area contributed by atoms with Gasteiger partial charge in [0, 0.05) is 13.2 Å². The highest BCUT2D eigenvalue weighted by molar-refractivity contribution is 5.19. The Morgan fingerprint density at radius 2 is 1.88 bits per heavy atom. The van der Waals surface area contributed by atoms with Gasteiger partial charge in [-0.2, -0.15) is 0 Å². The molecule has 2 atom stereocenters. The Morgan fingerprint density at radius 3 is 2.38 bits per heavy atom. The number of hydrogen-bond acceptors (Lipinski definition) is 2. The van der Waals surface area contributed by atoms with Gasteiger partial charge in [0.05, 0.1) is 6.10 Å². The van der Waals surface area contributed by atoms with Gasteiger partial charge < -0.3 is 10.1 Å². The molecule has 0 aliphatic carbocycles. The Balaban J connectivity index is 2.71. The first-order chi connectivity index (χ1) is 7.83. The molecule has 16 heavy (non-hydrogen) atoms. The number of methoxy groups -OCH3 is 1. The molecule has 0 amide bonds. The Morgan fingerprint density at radius 1 is 1.19 bits per heavy atom. The van der Waals surface area contributed by atoms with Crippen molar-refractivity contribution in [1.82, 2.24) is 5.32 Å². The van der Waals surface area contributed by atoms with Gasteiger partial charge in [-0.25, -0.2) is 0 Å². The second kappa shape index (κ2) is 7.42. The quantitative estimate of drug-likeness (QED) is 0.763. The van der Waals surface area contributed by atoms with Gasteiger partial charge in [-0.05, 0) is 24.9 Å². The minimum absolute atomic E-state index is 0.151. The fourth-order valence-corrected chi connectivity index (χ4v) is 1.97. The van der Waals surface area contributed by atoms with E-state index in [0.29, 0.717) is 6.04 Å². The molecule has 90 valence electrons. The largest absolute Gasteiger partial charge is 0.375 e. The molecule has 2 unspecified atom stereocenters. The van der Waals surface area contributed by atoms with Gasteiger partial charge in [0.1, 0.15) is 0 Å². The van der Waals surface area contributed by atoms with Crippen molar-refractivity contribution in [2.45, 2.75) is 38.8 Å². The molecule has 2 heteroatoms. The van der Waals surface area contributed by atoms with Crippen molar-refractivity contribution in [2.24, 2.45) is 0 Å². The monoisotopic (exact) mass is 221 g/mol. The zero-order valence-corrected chi connectivity index (χ0v) is 10.6. The lowest BCUT2D eigenvalue weighted by molar-refractivity contribution is 0.0665. The molecular weight excluding hydrogens is 198 g/mol. The fraction of sp³-hybridized carbons (Fsp3) is 0.571. The predicted molar refractivity (Wildman–Crippen MR) is 68.6 cm³/mol. The van der Waals surface area contributed by atoms with Crippen LogP contribution in [0.4, 0.5) is 0 Å². The lowest BCUT2D eigenvalue weighted by atomic mass is 10.00. The summed E-state index contributed by atoms with van der Waals surface area (Å²) in [7, 11) is 1.79. The lowest BCUT2D eigenvalue weighted by Gasteiger charge is -2.26. The van der Waals surface area contributed by atoms with Crippen molar-refractivity contribution in [3.8, 4) is 0 Å². The summed E-state index contributed by atoms with van der Waals surface area (Å²) in [6.07, 6.45) is 2.38. The Labute approximate surface area is 99.0 Å². The van der Waals surface area contributed by atoms with Crippen LogP contribution in [0.25, 0.3) is 0 Å². The summed E-state index contributed by atoms with van der Waals surface area (Å²) in [4.78, 5) is 0. The van der Waals surface area contributed by atoms with Gasteiger partial charge in [0.15, 0.2) is 0 Å². The van der Waals surface area contributed by atoms with Crippen LogP contribution in [0.2, 0.25) is 0 Å². The van der Waals surface area contributed by atoms with Gasteiger partial charge >= 0.3 is 0 Å². The number of hydrogen-bond donors (Lipinski definition) is 1. The van der Waals surface area contributed by atoms with E-state index in [1.165, 1.54) is 5.56 Å². The molecule has 2 nitrogen and oxygen atoms in total. The van der Waals surface area contributed by atoms with E-state index >= 15 is 0 Å². The molecule has 1 aromatic carbocycles. The van der Waals surface area contributed by atoms with E-state index in [9.17, 15) is 0 Å². The van der Waals surface area contributed by atoms with Crippen LogP contribution in [-0.4, -0.2) is 19.7 Å². The Hall–Kier alpha value is -0.860. The lowest BCUT2D eigenvalue weighted by Crippen LogP contribution is -2.35. The van der Waals surface area contributed by atoms with Crippen LogP contribution in [-0.2, 0) is 4.74 Å². The van der Waals surface area contributed by atoms with E-state index in [4.69, 9.17) is 4.74 Å². The highest BCUT2D eigenvalue weighted by atomic mass is 16.5. The average Bonchev–Trinajstić information content (AvgIpc) is 2.35. The third kappa shape index (κ3) is 3.62. The fourth-order valence-electron chi connectivity index (χ4n) is 1.97. The maximum absolute atomic E-state index is 5.62. The topological polar surface area (TPSA) is 21.3 Å². The molecule has 0 bridgehead atoms. The van der Waals surface area contributed by atoms with Crippen LogP contribution >= 0.6 is 0 Å². The standard InChI is InChI=1S/C14H23NO/c1-4-11-15-13(5-2)14(16-3)12-9-7-6-8-10-12/h6-10,13-15H,4-5,11H2,1-3H3. The molecule has 0 aromatic heterocycles. The molecule has 0 heterocycles. The van der Waals surface area contributed by atoms with Crippen molar-refractivity contribution in [2.75, 3.05) is 13.7 Å². The third-order valence-electron chi connectivity index (χ3n) is 2.84. The molecule has 0 saturated heterocycles. The molecule has 0 saturated carbocycles. The number of rotatable bonds is 7. The Kier molecular flexibility index (Phi) is 6.12. The average molecular weight is 221 g/mol. The maximum Gasteiger partial charge on any atom is 0.0973 e. The van der Waals surface area contributed by atoms with Crippen molar-refractivity contribution in [3.63, 3.8) is 0 Å². The van der Waals surface area contributed by atoms with Crippen molar-refractivity contribution in [1.29, 1.82) is 0 Å². The van der Waals surface area contributed by atoms with Gasteiger partial charge in [-0.15, -0.1) is 0 Å². The minimum atomic E-state index is 0.151. The normalized spacial score (nSPS) is 14.7. The summed E-state index contributed by atoms with van der Waals surface area (Å²) in [6.45, 7) is 5.43. The van der Waals surface area contributed by atoms with Gasteiger partial charge in [-0.3, -0.25) is 0 Å². The smallest absolute Gasteiger partial charge is 0.0973 e. The first kappa shape index (κ1) is 13.2. The summed E-state index contributed by atoms with van der Waals surface area (Å²) in [5.41, 5.74) is 1.25. The molecule has 0 fully saturated rings. The van der Waals surface area contributed by atoms with Crippen LogP contribution < -0.4 is 5.32 Å². The summed E-state index contributed by atoms with van der Waals surface area (Å²) >= 11 is 0. The molecule has 1 N–H and O–H groups in total. The number of nitrogens with one attached hydrogen (secondary N) is 1. The molecule has 0 aliphatic heterocycles. The number of benzene rings is 1. The summed E-state index contributed by atoms with van der Waals surface area (Å²) in [5, 5.41) is 3.54. The highest BCUT2D eigenvalue weighted by Crippen LogP contribution is 2.22. The first-order valence-corrected chi connectivity index (χ1v) is 6.14. The summed E-state index contributed by atoms with van der Waals surface area (Å²) in [5.74, 6) is 0. The number of ether oxygens (including phenoxy) is 1. The van der Waals surface area contributed by atoms with Crippen LogP contribution in [0, 0.1) is 0 Å². The van der Waals surface area contributed by atoms with E-state index in [1.807, 2.05) is 6.07 Å². The van der Waals surface area contributed by atoms with E-state index in [-0.39, 0.29) is 6.10 Å². The maximum atomic E-state index is 5.62. The van der Waals surface area contributed by atoms with Gasteiger partial charge in [0.25, 0.3) is 0 Å². The zero-order chi connectivity index (χ0) is 11.8. The van der Waals surface area contributed by atoms with Crippen molar-refractivity contribution < 1.29 is 4.74 Å². The zero-order valence-electron chi connectivity index (χ0n) is 10.6. The molecule has 1 aromatic rings. The van der Waals surface area contributed by atoms with E-state index in [0.717, 1.165) is 19.4 Å². The van der Waals surface area contributed by atoms with Crippen LogP contribution in [0.3, 0.4) is 0 Å².